The van der Waals surface area contributed by atoms with Crippen LogP contribution in [0.2, 0.25) is 0 Å². The quantitative estimate of drug-likeness (QED) is 0.176. The molecule has 0 radical (unpaired) electrons. The molecule has 0 atom stereocenters. The van der Waals surface area contributed by atoms with Crippen LogP contribution in [0, 0.1) is 0 Å². The molecule has 5 nitrogen and oxygen atoms in total. The van der Waals surface area contributed by atoms with Crippen LogP contribution < -0.4 is 0 Å². The Labute approximate surface area is 185 Å². The van der Waals surface area contributed by atoms with E-state index >= 15 is 0 Å². The highest BCUT2D eigenvalue weighted by Crippen LogP contribution is 2.13. The number of carboxylic acid groups (broad SMARTS) is 1. The van der Waals surface area contributed by atoms with Gasteiger partial charge in [0.15, 0.2) is 0 Å². The van der Waals surface area contributed by atoms with Gasteiger partial charge in [0.05, 0.1) is 32.0 Å². The molecule has 30 heavy (non-hydrogen) atoms. The lowest BCUT2D eigenvalue weighted by Crippen LogP contribution is -2.31. The van der Waals surface area contributed by atoms with Gasteiger partial charge >= 0.3 is 5.97 Å². The van der Waals surface area contributed by atoms with Crippen LogP contribution >= 0.6 is 0 Å². The molecule has 1 heterocycles. The second-order valence-corrected chi connectivity index (χ2v) is 8.38. The minimum absolute atomic E-state index is 0.0792. The van der Waals surface area contributed by atoms with E-state index in [-0.39, 0.29) is 6.42 Å². The van der Waals surface area contributed by atoms with Crippen molar-refractivity contribution < 1.29 is 14.6 Å². The number of carbonyl (C=O) groups is 1. The topological polar surface area (TPSA) is 62.1 Å². The van der Waals surface area contributed by atoms with Crippen molar-refractivity contribution in [1.82, 2.24) is 4.90 Å². The Morgan fingerprint density at radius 2 is 1.60 bits per heavy atom. The molecular weight excluding hydrogens is 376 g/mol. The smallest absolute Gasteiger partial charge is 0.305 e. The number of amidine groups is 1. The lowest BCUT2D eigenvalue weighted by molar-refractivity contribution is -0.138. The van der Waals surface area contributed by atoms with Crippen LogP contribution in [0.5, 0.6) is 0 Å². The number of carboxylic acids is 1. The zero-order chi connectivity index (χ0) is 21.7. The first kappa shape index (κ1) is 26.7. The van der Waals surface area contributed by atoms with E-state index in [2.05, 4.69) is 29.0 Å². The van der Waals surface area contributed by atoms with E-state index in [1.54, 1.807) is 0 Å². The van der Waals surface area contributed by atoms with E-state index in [0.717, 1.165) is 26.1 Å². The summed E-state index contributed by atoms with van der Waals surface area (Å²) in [4.78, 5) is 17.4. The van der Waals surface area contributed by atoms with Crippen LogP contribution in [-0.4, -0.2) is 54.7 Å². The number of nitrogens with zero attached hydrogens (tertiary/aromatic N) is 2. The minimum Gasteiger partial charge on any atom is -0.481 e. The molecule has 1 aliphatic rings. The van der Waals surface area contributed by atoms with Gasteiger partial charge in [-0.05, 0) is 32.1 Å². The summed E-state index contributed by atoms with van der Waals surface area (Å²) in [5.41, 5.74) is 0. The number of ether oxygens (including phenoxy) is 1. The first-order chi connectivity index (χ1) is 14.7. The number of rotatable bonds is 21. The molecule has 0 bridgehead atoms. The molecule has 5 heteroatoms. The Kier molecular flexibility index (Phi) is 17.4. The first-order valence-corrected chi connectivity index (χ1v) is 12.5. The fourth-order valence-corrected chi connectivity index (χ4v) is 3.80. The molecular formula is C25H46N2O3. The van der Waals surface area contributed by atoms with Crippen LogP contribution in [0.15, 0.2) is 17.1 Å². The number of hydrogen-bond donors (Lipinski definition) is 1. The molecule has 0 aromatic heterocycles. The predicted molar refractivity (Wildman–Crippen MR) is 126 cm³/mol. The number of aliphatic imine (C=N–C) groups is 1. The second-order valence-electron chi connectivity index (χ2n) is 8.38. The SMILES string of the molecule is CCCCCCCC/C=C/CCCCCCCC1=NCCN1CCOCCC(=O)O. The van der Waals surface area contributed by atoms with Crippen molar-refractivity contribution in [2.24, 2.45) is 4.99 Å². The van der Waals surface area contributed by atoms with Crippen molar-refractivity contribution in [3.05, 3.63) is 12.2 Å². The Balaban J connectivity index is 1.89. The van der Waals surface area contributed by atoms with Crippen molar-refractivity contribution in [2.45, 2.75) is 103 Å². The van der Waals surface area contributed by atoms with Crippen molar-refractivity contribution in [2.75, 3.05) is 32.8 Å². The van der Waals surface area contributed by atoms with Crippen LogP contribution in [0.4, 0.5) is 0 Å². The Morgan fingerprint density at radius 3 is 2.27 bits per heavy atom. The Bertz CT molecular complexity index is 477. The summed E-state index contributed by atoms with van der Waals surface area (Å²) in [5.74, 6) is 0.414. The summed E-state index contributed by atoms with van der Waals surface area (Å²) < 4.78 is 5.40. The maximum Gasteiger partial charge on any atom is 0.305 e. The number of allylic oxidation sites excluding steroid dienone is 2. The average Bonchev–Trinajstić information content (AvgIpc) is 3.17. The summed E-state index contributed by atoms with van der Waals surface area (Å²) in [6, 6.07) is 0. The molecule has 0 saturated heterocycles. The van der Waals surface area contributed by atoms with Gasteiger partial charge in [0.1, 0.15) is 0 Å². The molecule has 174 valence electrons. The second kappa shape index (κ2) is 19.6. The van der Waals surface area contributed by atoms with Crippen LogP contribution in [0.25, 0.3) is 0 Å². The van der Waals surface area contributed by atoms with Gasteiger partial charge in [-0.1, -0.05) is 70.4 Å². The molecule has 0 aromatic carbocycles. The lowest BCUT2D eigenvalue weighted by atomic mass is 10.1. The van der Waals surface area contributed by atoms with Crippen molar-refractivity contribution in [1.29, 1.82) is 0 Å². The number of unbranched alkanes of at least 4 members (excludes halogenated alkanes) is 11. The summed E-state index contributed by atoms with van der Waals surface area (Å²) >= 11 is 0. The summed E-state index contributed by atoms with van der Waals surface area (Å²) in [5, 5.41) is 8.62. The Hall–Kier alpha value is -1.36. The van der Waals surface area contributed by atoms with Gasteiger partial charge in [-0.25, -0.2) is 0 Å². The monoisotopic (exact) mass is 422 g/mol. The summed E-state index contributed by atoms with van der Waals surface area (Å²) in [6.45, 7) is 5.83. The van der Waals surface area contributed by atoms with Gasteiger partial charge in [-0.3, -0.25) is 9.79 Å². The molecule has 0 spiro atoms. The van der Waals surface area contributed by atoms with Crippen molar-refractivity contribution in [3.8, 4) is 0 Å². The van der Waals surface area contributed by atoms with Crippen molar-refractivity contribution >= 4 is 11.8 Å². The van der Waals surface area contributed by atoms with E-state index < -0.39 is 5.97 Å². The third-order valence-corrected chi connectivity index (χ3v) is 5.66. The van der Waals surface area contributed by atoms with E-state index in [1.807, 2.05) is 0 Å². The highest BCUT2D eigenvalue weighted by atomic mass is 16.5. The normalized spacial score (nSPS) is 14.0. The highest BCUT2D eigenvalue weighted by molar-refractivity contribution is 5.83. The molecule has 0 aliphatic carbocycles. The zero-order valence-electron chi connectivity index (χ0n) is 19.5. The molecule has 0 saturated carbocycles. The Morgan fingerprint density at radius 1 is 0.967 bits per heavy atom. The third kappa shape index (κ3) is 15.5. The highest BCUT2D eigenvalue weighted by Gasteiger charge is 2.15. The minimum atomic E-state index is -0.803. The van der Waals surface area contributed by atoms with E-state index in [1.165, 1.54) is 89.3 Å². The molecule has 0 fully saturated rings. The summed E-state index contributed by atoms with van der Waals surface area (Å²) in [6.07, 6.45) is 23.2. The van der Waals surface area contributed by atoms with Gasteiger partial charge in [-0.15, -0.1) is 0 Å². The van der Waals surface area contributed by atoms with Gasteiger partial charge in [0.25, 0.3) is 0 Å². The maximum atomic E-state index is 10.5. The third-order valence-electron chi connectivity index (χ3n) is 5.66. The molecule has 0 aromatic rings. The summed E-state index contributed by atoms with van der Waals surface area (Å²) in [7, 11) is 0. The zero-order valence-corrected chi connectivity index (χ0v) is 19.5. The number of hydrogen-bond acceptors (Lipinski definition) is 4. The van der Waals surface area contributed by atoms with Crippen LogP contribution in [-0.2, 0) is 9.53 Å². The predicted octanol–water partition coefficient (Wildman–Crippen LogP) is 6.23. The standard InChI is InChI=1S/C25H46N2O3/c1-2-3-4-5-6-7-8-9-10-11-12-13-14-15-16-17-24-26-19-20-27(24)21-23-30-22-18-25(28)29/h9-10H,2-8,11-23H2,1H3,(H,28,29)/b10-9+. The molecule has 0 unspecified atom stereocenters. The number of aliphatic carboxylic acids is 1. The van der Waals surface area contributed by atoms with Gasteiger partial charge in [0.2, 0.25) is 0 Å². The largest absolute Gasteiger partial charge is 0.481 e. The van der Waals surface area contributed by atoms with Gasteiger partial charge in [0, 0.05) is 19.5 Å². The van der Waals surface area contributed by atoms with Crippen molar-refractivity contribution in [3.63, 3.8) is 0 Å². The van der Waals surface area contributed by atoms with Gasteiger partial charge < -0.3 is 14.7 Å². The van der Waals surface area contributed by atoms with E-state index in [0.29, 0.717) is 13.2 Å². The van der Waals surface area contributed by atoms with Crippen LogP contribution in [0.3, 0.4) is 0 Å². The van der Waals surface area contributed by atoms with E-state index in [4.69, 9.17) is 9.84 Å². The molecule has 1 rings (SSSR count). The fraction of sp³-hybridized carbons (Fsp3) is 0.840. The molecule has 1 aliphatic heterocycles. The van der Waals surface area contributed by atoms with E-state index in [9.17, 15) is 4.79 Å². The molecule has 1 N–H and O–H groups in total. The maximum absolute atomic E-state index is 10.5. The van der Waals surface area contributed by atoms with Crippen LogP contribution in [0.1, 0.15) is 103 Å². The lowest BCUT2D eigenvalue weighted by Gasteiger charge is -2.20. The average molecular weight is 423 g/mol. The van der Waals surface area contributed by atoms with Gasteiger partial charge in [-0.2, -0.15) is 0 Å². The fourth-order valence-electron chi connectivity index (χ4n) is 3.80. The first-order valence-electron chi connectivity index (χ1n) is 12.5. The molecule has 0 amide bonds.